The zero-order valence-electron chi connectivity index (χ0n) is 13.0. The summed E-state index contributed by atoms with van der Waals surface area (Å²) in [5.41, 5.74) is -0.0129. The van der Waals surface area contributed by atoms with Gasteiger partial charge in [0.1, 0.15) is 0 Å². The fraction of sp³-hybridized carbons (Fsp3) is 0.600. The van der Waals surface area contributed by atoms with E-state index in [2.05, 4.69) is 19.9 Å². The van der Waals surface area contributed by atoms with Crippen LogP contribution in [-0.4, -0.2) is 52.2 Å². The molecule has 0 saturated carbocycles. The molecule has 0 aliphatic carbocycles. The average Bonchev–Trinajstić information content (AvgIpc) is 2.83. The Morgan fingerprint density at radius 1 is 1.09 bits per heavy atom. The number of anilines is 2. The molecule has 2 aliphatic rings. The Morgan fingerprint density at radius 2 is 1.83 bits per heavy atom. The Balaban J connectivity index is 1.81. The third-order valence-corrected chi connectivity index (χ3v) is 4.30. The topological polar surface area (TPSA) is 102 Å². The molecular weight excluding hydrogens is 298 g/mol. The van der Waals surface area contributed by atoms with Crippen molar-refractivity contribution in [3.05, 3.63) is 22.1 Å². The molecule has 3 rings (SSSR count). The molecule has 124 valence electrons. The first-order valence-corrected chi connectivity index (χ1v) is 8.04. The van der Waals surface area contributed by atoms with Crippen molar-refractivity contribution < 1.29 is 9.90 Å². The Hall–Kier alpha value is -2.38. The number of nitrogens with zero attached hydrogens (tertiary/aromatic N) is 4. The van der Waals surface area contributed by atoms with Crippen molar-refractivity contribution in [3.8, 4) is 0 Å². The average molecular weight is 319 g/mol. The van der Waals surface area contributed by atoms with Crippen LogP contribution in [0.4, 0.5) is 11.9 Å². The number of carbonyl (C=O) groups is 1. The van der Waals surface area contributed by atoms with Gasteiger partial charge in [0.2, 0.25) is 11.9 Å². The highest BCUT2D eigenvalue weighted by molar-refractivity contribution is 5.87. The number of rotatable bonds is 3. The lowest BCUT2D eigenvalue weighted by Gasteiger charge is -2.26. The van der Waals surface area contributed by atoms with E-state index < -0.39 is 11.7 Å². The third kappa shape index (κ3) is 3.69. The largest absolute Gasteiger partial charge is 0.478 e. The van der Waals surface area contributed by atoms with Gasteiger partial charge in [-0.3, -0.25) is 4.98 Å². The van der Waals surface area contributed by atoms with Gasteiger partial charge < -0.3 is 14.9 Å². The first kappa shape index (κ1) is 15.5. The number of aromatic nitrogens is 3. The summed E-state index contributed by atoms with van der Waals surface area (Å²) >= 11 is 0. The van der Waals surface area contributed by atoms with Gasteiger partial charge >= 0.3 is 11.7 Å². The summed E-state index contributed by atoms with van der Waals surface area (Å²) in [6.45, 7) is 2.68. The molecular formula is C15H21N5O3. The molecule has 0 unspecified atom stereocenters. The first-order valence-electron chi connectivity index (χ1n) is 8.04. The molecule has 1 saturated heterocycles. The lowest BCUT2D eigenvalue weighted by molar-refractivity contribution is -0.132. The summed E-state index contributed by atoms with van der Waals surface area (Å²) in [5.74, 6) is 0.0466. The van der Waals surface area contributed by atoms with Crippen LogP contribution in [-0.2, 0) is 4.79 Å². The van der Waals surface area contributed by atoms with Crippen LogP contribution in [0.15, 0.2) is 16.4 Å². The smallest absolute Gasteiger partial charge is 0.351 e. The van der Waals surface area contributed by atoms with Crippen molar-refractivity contribution in [2.45, 2.75) is 32.1 Å². The molecule has 0 atom stereocenters. The predicted molar refractivity (Wildman–Crippen MR) is 85.9 cm³/mol. The summed E-state index contributed by atoms with van der Waals surface area (Å²) in [7, 11) is 0. The minimum Gasteiger partial charge on any atom is -0.478 e. The Bertz CT molecular complexity index is 661. The van der Waals surface area contributed by atoms with Gasteiger partial charge in [-0.15, -0.1) is 0 Å². The van der Waals surface area contributed by atoms with Crippen LogP contribution in [0.1, 0.15) is 32.1 Å². The van der Waals surface area contributed by atoms with Crippen LogP contribution in [0.2, 0.25) is 0 Å². The van der Waals surface area contributed by atoms with Gasteiger partial charge in [0, 0.05) is 31.8 Å². The molecule has 0 bridgehead atoms. The number of carboxylic acid groups (broad SMARTS) is 1. The molecule has 0 aromatic carbocycles. The summed E-state index contributed by atoms with van der Waals surface area (Å²) in [5, 5.41) is 9.00. The second kappa shape index (κ2) is 6.80. The number of aliphatic carboxylic acids is 1. The molecule has 1 aromatic heterocycles. The summed E-state index contributed by atoms with van der Waals surface area (Å²) in [6.07, 6.45) is 6.67. The van der Waals surface area contributed by atoms with Gasteiger partial charge in [0.05, 0.1) is 0 Å². The van der Waals surface area contributed by atoms with Crippen LogP contribution < -0.4 is 15.5 Å². The van der Waals surface area contributed by atoms with Gasteiger partial charge in [-0.2, -0.15) is 9.97 Å². The fourth-order valence-electron chi connectivity index (χ4n) is 2.98. The van der Waals surface area contributed by atoms with Crippen molar-refractivity contribution >= 4 is 17.9 Å². The number of nitrogens with one attached hydrogen (secondary N) is 1. The Morgan fingerprint density at radius 3 is 2.43 bits per heavy atom. The highest BCUT2D eigenvalue weighted by atomic mass is 16.4. The van der Waals surface area contributed by atoms with E-state index in [1.54, 1.807) is 6.08 Å². The SMILES string of the molecule is O=C(O)C1=CCN(c2nc(N3CCCCCC3)[nH]c(=O)n2)CC1. The minimum atomic E-state index is -0.887. The van der Waals surface area contributed by atoms with Crippen LogP contribution >= 0.6 is 0 Å². The second-order valence-electron chi connectivity index (χ2n) is 5.91. The molecule has 3 heterocycles. The molecule has 1 fully saturated rings. The molecule has 2 aliphatic heterocycles. The lowest BCUT2D eigenvalue weighted by atomic mass is 10.1. The van der Waals surface area contributed by atoms with E-state index in [0.29, 0.717) is 37.0 Å². The zero-order valence-corrected chi connectivity index (χ0v) is 13.0. The molecule has 2 N–H and O–H groups in total. The molecule has 23 heavy (non-hydrogen) atoms. The Labute approximate surface area is 133 Å². The monoisotopic (exact) mass is 319 g/mol. The normalized spacial score (nSPS) is 19.2. The number of aromatic amines is 1. The maximum absolute atomic E-state index is 11.9. The van der Waals surface area contributed by atoms with Crippen LogP contribution in [0.3, 0.4) is 0 Å². The van der Waals surface area contributed by atoms with E-state index in [9.17, 15) is 9.59 Å². The maximum Gasteiger partial charge on any atom is 0.351 e. The van der Waals surface area contributed by atoms with Gasteiger partial charge in [-0.05, 0) is 19.3 Å². The van der Waals surface area contributed by atoms with Crippen molar-refractivity contribution in [3.63, 3.8) is 0 Å². The van der Waals surface area contributed by atoms with Gasteiger partial charge in [-0.25, -0.2) is 9.59 Å². The van der Waals surface area contributed by atoms with Crippen molar-refractivity contribution in [1.29, 1.82) is 0 Å². The number of carboxylic acids is 1. The van der Waals surface area contributed by atoms with E-state index in [-0.39, 0.29) is 0 Å². The maximum atomic E-state index is 11.9. The molecule has 0 spiro atoms. The number of hydrogen-bond acceptors (Lipinski definition) is 6. The second-order valence-corrected chi connectivity index (χ2v) is 5.91. The fourth-order valence-corrected chi connectivity index (χ4v) is 2.98. The number of H-pyrrole nitrogens is 1. The first-order chi connectivity index (χ1) is 11.1. The summed E-state index contributed by atoms with van der Waals surface area (Å²) in [6, 6.07) is 0. The van der Waals surface area contributed by atoms with E-state index in [1.165, 1.54) is 12.8 Å². The van der Waals surface area contributed by atoms with Crippen LogP contribution in [0.5, 0.6) is 0 Å². The molecule has 8 nitrogen and oxygen atoms in total. The van der Waals surface area contributed by atoms with E-state index in [0.717, 1.165) is 25.9 Å². The Kier molecular flexibility index (Phi) is 4.59. The van der Waals surface area contributed by atoms with Crippen molar-refractivity contribution in [2.24, 2.45) is 0 Å². The van der Waals surface area contributed by atoms with Crippen molar-refractivity contribution in [2.75, 3.05) is 36.0 Å². The van der Waals surface area contributed by atoms with Crippen LogP contribution in [0.25, 0.3) is 0 Å². The quantitative estimate of drug-likeness (QED) is 0.848. The zero-order chi connectivity index (χ0) is 16.2. The highest BCUT2D eigenvalue weighted by Crippen LogP contribution is 2.19. The summed E-state index contributed by atoms with van der Waals surface area (Å²) in [4.78, 5) is 38.0. The third-order valence-electron chi connectivity index (χ3n) is 4.30. The minimum absolute atomic E-state index is 0.369. The number of hydrogen-bond donors (Lipinski definition) is 2. The summed E-state index contributed by atoms with van der Waals surface area (Å²) < 4.78 is 0. The van der Waals surface area contributed by atoms with E-state index in [1.807, 2.05) is 4.90 Å². The van der Waals surface area contributed by atoms with E-state index in [4.69, 9.17) is 5.11 Å². The molecule has 0 amide bonds. The van der Waals surface area contributed by atoms with Gasteiger partial charge in [0.25, 0.3) is 0 Å². The molecule has 1 aromatic rings. The highest BCUT2D eigenvalue weighted by Gasteiger charge is 2.20. The van der Waals surface area contributed by atoms with Crippen molar-refractivity contribution in [1.82, 2.24) is 15.0 Å². The van der Waals surface area contributed by atoms with Crippen LogP contribution in [0, 0.1) is 0 Å². The standard InChI is InChI=1S/C15H21N5O3/c21-12(22)11-5-9-20(10-6-11)14-16-13(17-15(23)18-14)19-7-3-1-2-4-8-19/h5H,1-4,6-10H2,(H,21,22)(H,16,17,18,23). The molecule has 8 heteroatoms. The molecule has 0 radical (unpaired) electrons. The van der Waals surface area contributed by atoms with E-state index >= 15 is 0 Å². The van der Waals surface area contributed by atoms with Gasteiger partial charge in [0.15, 0.2) is 0 Å². The predicted octanol–water partition coefficient (Wildman–Crippen LogP) is 0.766. The lowest BCUT2D eigenvalue weighted by Crippen LogP contribution is -2.35. The van der Waals surface area contributed by atoms with Gasteiger partial charge in [-0.1, -0.05) is 18.9 Å².